The molecule has 0 saturated heterocycles. The van der Waals surface area contributed by atoms with Crippen LogP contribution in [0.3, 0.4) is 0 Å². The number of nitrogen functional groups attached to an aromatic ring is 1. The zero-order valence-electron chi connectivity index (χ0n) is 10.8. The van der Waals surface area contributed by atoms with E-state index in [0.29, 0.717) is 22.9 Å². The molecule has 1 aromatic carbocycles. The number of anilines is 1. The van der Waals surface area contributed by atoms with E-state index < -0.39 is 0 Å². The molecule has 0 spiro atoms. The Kier molecular flexibility index (Phi) is 3.66. The van der Waals surface area contributed by atoms with Gasteiger partial charge >= 0.3 is 0 Å². The Balaban J connectivity index is 2.28. The van der Waals surface area contributed by atoms with Crippen LogP contribution in [0.5, 0.6) is 11.5 Å². The first-order chi connectivity index (χ1) is 9.11. The molecular weight excluding hydrogens is 242 g/mol. The molecule has 19 heavy (non-hydrogen) atoms. The van der Waals surface area contributed by atoms with Gasteiger partial charge in [0, 0.05) is 30.6 Å². The summed E-state index contributed by atoms with van der Waals surface area (Å²) in [6.45, 7) is 1.88. The van der Waals surface area contributed by atoms with E-state index in [2.05, 4.69) is 10.3 Å². The fraction of sp³-hybridized carbons (Fsp3) is 0.143. The van der Waals surface area contributed by atoms with Crippen LogP contribution in [0.4, 0.5) is 5.69 Å². The second-order valence-electron chi connectivity index (χ2n) is 4.03. The Labute approximate surface area is 111 Å². The van der Waals surface area contributed by atoms with E-state index in [1.807, 2.05) is 25.1 Å². The van der Waals surface area contributed by atoms with Crippen LogP contribution in [0.15, 0.2) is 36.5 Å². The quantitative estimate of drug-likeness (QED) is 0.826. The molecule has 98 valence electrons. The van der Waals surface area contributed by atoms with Gasteiger partial charge in [0.2, 0.25) is 0 Å². The molecule has 2 aromatic rings. The van der Waals surface area contributed by atoms with Crippen molar-refractivity contribution in [1.29, 1.82) is 0 Å². The molecule has 0 bridgehead atoms. The topological polar surface area (TPSA) is 77.2 Å². The minimum atomic E-state index is -0.255. The second-order valence-corrected chi connectivity index (χ2v) is 4.03. The number of amides is 1. The molecule has 5 heteroatoms. The maximum absolute atomic E-state index is 11.5. The van der Waals surface area contributed by atoms with Crippen molar-refractivity contribution in [3.05, 3.63) is 47.8 Å². The fourth-order valence-corrected chi connectivity index (χ4v) is 1.60. The molecule has 0 fully saturated rings. The molecule has 0 radical (unpaired) electrons. The number of carbonyl (C=O) groups excluding carboxylic acids is 1. The lowest BCUT2D eigenvalue weighted by Crippen LogP contribution is -2.18. The number of carbonyl (C=O) groups is 1. The molecule has 0 aliphatic carbocycles. The molecule has 1 heterocycles. The Morgan fingerprint density at radius 3 is 2.89 bits per heavy atom. The van der Waals surface area contributed by atoms with Crippen LogP contribution in [-0.4, -0.2) is 17.9 Å². The minimum Gasteiger partial charge on any atom is -0.457 e. The summed E-state index contributed by atoms with van der Waals surface area (Å²) in [5.41, 5.74) is 7.65. The molecule has 0 atom stereocenters. The van der Waals surface area contributed by atoms with Gasteiger partial charge in [-0.3, -0.25) is 9.78 Å². The lowest BCUT2D eigenvalue weighted by Gasteiger charge is -2.10. The molecular formula is C14H15N3O2. The molecule has 1 aromatic heterocycles. The third-order valence-electron chi connectivity index (χ3n) is 2.74. The molecule has 0 aliphatic rings. The van der Waals surface area contributed by atoms with Crippen LogP contribution in [0.2, 0.25) is 0 Å². The van der Waals surface area contributed by atoms with Gasteiger partial charge in [0.1, 0.15) is 17.2 Å². The lowest BCUT2D eigenvalue weighted by molar-refractivity contribution is 0.0958. The molecule has 0 unspecified atom stereocenters. The summed E-state index contributed by atoms with van der Waals surface area (Å²) in [5, 5.41) is 2.52. The number of nitrogens with one attached hydrogen (secondary N) is 1. The number of nitrogens with zero attached hydrogens (tertiary/aromatic N) is 1. The number of benzene rings is 1. The van der Waals surface area contributed by atoms with Crippen molar-refractivity contribution in [3.63, 3.8) is 0 Å². The Morgan fingerprint density at radius 1 is 1.37 bits per heavy atom. The van der Waals surface area contributed by atoms with Gasteiger partial charge in [-0.05, 0) is 25.1 Å². The number of rotatable bonds is 3. The minimum absolute atomic E-state index is 0.255. The second kappa shape index (κ2) is 5.39. The first-order valence-electron chi connectivity index (χ1n) is 5.83. The Morgan fingerprint density at radius 2 is 2.16 bits per heavy atom. The van der Waals surface area contributed by atoms with Crippen LogP contribution in [0.25, 0.3) is 0 Å². The van der Waals surface area contributed by atoms with Gasteiger partial charge in [-0.25, -0.2) is 0 Å². The third kappa shape index (κ3) is 2.82. The summed E-state index contributed by atoms with van der Waals surface area (Å²) in [6.07, 6.45) is 1.53. The fourth-order valence-electron chi connectivity index (χ4n) is 1.60. The van der Waals surface area contributed by atoms with E-state index in [-0.39, 0.29) is 5.91 Å². The smallest absolute Gasteiger partial charge is 0.269 e. The lowest BCUT2D eigenvalue weighted by atomic mass is 10.2. The summed E-state index contributed by atoms with van der Waals surface area (Å²) in [4.78, 5) is 15.5. The zero-order chi connectivity index (χ0) is 13.8. The third-order valence-corrected chi connectivity index (χ3v) is 2.74. The van der Waals surface area contributed by atoms with Crippen molar-refractivity contribution in [2.45, 2.75) is 6.92 Å². The van der Waals surface area contributed by atoms with E-state index in [0.717, 1.165) is 5.56 Å². The number of hydrogen-bond donors (Lipinski definition) is 2. The van der Waals surface area contributed by atoms with Crippen molar-refractivity contribution in [2.75, 3.05) is 12.8 Å². The van der Waals surface area contributed by atoms with Gasteiger partial charge in [0.15, 0.2) is 0 Å². The predicted molar refractivity (Wildman–Crippen MR) is 73.3 cm³/mol. The van der Waals surface area contributed by atoms with Crippen molar-refractivity contribution in [3.8, 4) is 11.5 Å². The summed E-state index contributed by atoms with van der Waals surface area (Å²) in [7, 11) is 1.56. The maximum atomic E-state index is 11.5. The van der Waals surface area contributed by atoms with Gasteiger partial charge < -0.3 is 15.8 Å². The van der Waals surface area contributed by atoms with Crippen molar-refractivity contribution >= 4 is 11.6 Å². The molecule has 2 rings (SSSR count). The van der Waals surface area contributed by atoms with E-state index in [4.69, 9.17) is 10.5 Å². The van der Waals surface area contributed by atoms with Gasteiger partial charge in [-0.2, -0.15) is 0 Å². The standard InChI is InChI=1S/C14H15N3O2/c1-9-11(15)4-3-5-13(9)19-10-6-7-17-12(8-10)14(18)16-2/h3-8H,15H2,1-2H3,(H,16,18). The summed E-state index contributed by atoms with van der Waals surface area (Å²) < 4.78 is 5.73. The highest BCUT2D eigenvalue weighted by atomic mass is 16.5. The van der Waals surface area contributed by atoms with Crippen LogP contribution >= 0.6 is 0 Å². The number of aromatic nitrogens is 1. The first kappa shape index (κ1) is 12.9. The molecule has 0 saturated carbocycles. The van der Waals surface area contributed by atoms with Gasteiger partial charge in [0.05, 0.1) is 0 Å². The highest BCUT2D eigenvalue weighted by Crippen LogP contribution is 2.28. The van der Waals surface area contributed by atoms with Gasteiger partial charge in [0.25, 0.3) is 5.91 Å². The average molecular weight is 257 g/mol. The van der Waals surface area contributed by atoms with Crippen LogP contribution in [-0.2, 0) is 0 Å². The molecule has 3 N–H and O–H groups in total. The van der Waals surface area contributed by atoms with Gasteiger partial charge in [-0.15, -0.1) is 0 Å². The van der Waals surface area contributed by atoms with Crippen LogP contribution in [0.1, 0.15) is 16.1 Å². The molecule has 0 aliphatic heterocycles. The largest absolute Gasteiger partial charge is 0.457 e. The van der Waals surface area contributed by atoms with E-state index in [1.54, 1.807) is 19.2 Å². The average Bonchev–Trinajstić information content (AvgIpc) is 2.43. The Bertz CT molecular complexity index is 611. The van der Waals surface area contributed by atoms with E-state index >= 15 is 0 Å². The molecule has 1 amide bonds. The zero-order valence-corrected chi connectivity index (χ0v) is 10.8. The normalized spacial score (nSPS) is 10.0. The summed E-state index contributed by atoms with van der Waals surface area (Å²) in [5.74, 6) is 0.950. The summed E-state index contributed by atoms with van der Waals surface area (Å²) in [6, 6.07) is 8.73. The van der Waals surface area contributed by atoms with Crippen molar-refractivity contribution < 1.29 is 9.53 Å². The number of hydrogen-bond acceptors (Lipinski definition) is 4. The number of nitrogens with two attached hydrogens (primary N) is 1. The van der Waals surface area contributed by atoms with E-state index in [9.17, 15) is 4.79 Å². The number of pyridine rings is 1. The van der Waals surface area contributed by atoms with Crippen molar-refractivity contribution in [2.24, 2.45) is 0 Å². The SMILES string of the molecule is CNC(=O)c1cc(Oc2cccc(N)c2C)ccn1. The van der Waals surface area contributed by atoms with Crippen molar-refractivity contribution in [1.82, 2.24) is 10.3 Å². The van der Waals surface area contributed by atoms with Crippen LogP contribution < -0.4 is 15.8 Å². The number of ether oxygens (including phenoxy) is 1. The first-order valence-corrected chi connectivity index (χ1v) is 5.83. The summed E-state index contributed by atoms with van der Waals surface area (Å²) >= 11 is 0. The molecule has 5 nitrogen and oxygen atoms in total. The highest BCUT2D eigenvalue weighted by molar-refractivity contribution is 5.92. The monoisotopic (exact) mass is 257 g/mol. The predicted octanol–water partition coefficient (Wildman–Crippen LogP) is 2.12. The van der Waals surface area contributed by atoms with Crippen LogP contribution in [0, 0.1) is 6.92 Å². The highest BCUT2D eigenvalue weighted by Gasteiger charge is 2.08. The maximum Gasteiger partial charge on any atom is 0.269 e. The van der Waals surface area contributed by atoms with E-state index in [1.165, 1.54) is 6.20 Å². The van der Waals surface area contributed by atoms with Gasteiger partial charge in [-0.1, -0.05) is 6.07 Å². The Hall–Kier alpha value is -2.56.